The van der Waals surface area contributed by atoms with Crippen molar-refractivity contribution in [2.75, 3.05) is 18.4 Å². The summed E-state index contributed by atoms with van der Waals surface area (Å²) in [6, 6.07) is 7.50. The van der Waals surface area contributed by atoms with E-state index in [0.717, 1.165) is 38.8 Å². The number of hydrogen-bond acceptors (Lipinski definition) is 4. The number of piperidine rings is 1. The molecule has 1 amide bonds. The number of benzene rings is 1. The molecule has 5 nitrogen and oxygen atoms in total. The SMILES string of the molecule is CCC(CC)C(=O)N1CCC(Nc2cc(C(C)=O)ccc2C#N)CC1. The lowest BCUT2D eigenvalue weighted by molar-refractivity contribution is -0.136. The number of nitriles is 1. The summed E-state index contributed by atoms with van der Waals surface area (Å²) < 4.78 is 0. The van der Waals surface area contributed by atoms with Crippen LogP contribution < -0.4 is 5.32 Å². The normalized spacial score (nSPS) is 15.1. The molecule has 134 valence electrons. The molecule has 5 heteroatoms. The molecule has 0 aliphatic carbocycles. The van der Waals surface area contributed by atoms with Crippen molar-refractivity contribution in [1.82, 2.24) is 4.90 Å². The molecule has 1 saturated heterocycles. The molecule has 1 aromatic carbocycles. The van der Waals surface area contributed by atoms with Crippen molar-refractivity contribution in [2.24, 2.45) is 5.92 Å². The number of nitrogens with zero attached hydrogens (tertiary/aromatic N) is 2. The third-order valence-electron chi connectivity index (χ3n) is 5.05. The monoisotopic (exact) mass is 341 g/mol. The third kappa shape index (κ3) is 4.60. The zero-order chi connectivity index (χ0) is 18.4. The largest absolute Gasteiger partial charge is 0.381 e. The van der Waals surface area contributed by atoms with Crippen LogP contribution in [0.25, 0.3) is 0 Å². The van der Waals surface area contributed by atoms with Gasteiger partial charge in [0.1, 0.15) is 6.07 Å². The van der Waals surface area contributed by atoms with Crippen LogP contribution in [0, 0.1) is 17.2 Å². The molecule has 1 heterocycles. The van der Waals surface area contributed by atoms with Gasteiger partial charge in [0.15, 0.2) is 5.78 Å². The van der Waals surface area contributed by atoms with E-state index < -0.39 is 0 Å². The van der Waals surface area contributed by atoms with E-state index in [-0.39, 0.29) is 23.7 Å². The number of hydrogen-bond donors (Lipinski definition) is 1. The van der Waals surface area contributed by atoms with Gasteiger partial charge in [-0.05, 0) is 50.8 Å². The Morgan fingerprint density at radius 3 is 2.44 bits per heavy atom. The Balaban J connectivity index is 2.01. The van der Waals surface area contributed by atoms with Gasteiger partial charge in [-0.1, -0.05) is 13.8 Å². The number of nitrogens with one attached hydrogen (secondary N) is 1. The molecule has 1 N–H and O–H groups in total. The fourth-order valence-electron chi connectivity index (χ4n) is 3.34. The van der Waals surface area contributed by atoms with Gasteiger partial charge >= 0.3 is 0 Å². The van der Waals surface area contributed by atoms with Crippen LogP contribution in [-0.4, -0.2) is 35.7 Å². The lowest BCUT2D eigenvalue weighted by Gasteiger charge is -2.35. The summed E-state index contributed by atoms with van der Waals surface area (Å²) in [5.74, 6) is 0.375. The van der Waals surface area contributed by atoms with E-state index in [0.29, 0.717) is 16.8 Å². The zero-order valence-corrected chi connectivity index (χ0v) is 15.3. The van der Waals surface area contributed by atoms with Crippen LogP contribution in [0.2, 0.25) is 0 Å². The van der Waals surface area contributed by atoms with Gasteiger partial charge in [0.2, 0.25) is 5.91 Å². The molecule has 0 saturated carbocycles. The van der Waals surface area contributed by atoms with Crippen LogP contribution in [-0.2, 0) is 4.79 Å². The quantitative estimate of drug-likeness (QED) is 0.802. The number of carbonyl (C=O) groups excluding carboxylic acids is 2. The van der Waals surface area contributed by atoms with Crippen molar-refractivity contribution in [3.8, 4) is 6.07 Å². The second-order valence-corrected chi connectivity index (χ2v) is 6.69. The molecule has 1 aliphatic rings. The summed E-state index contributed by atoms with van der Waals surface area (Å²) in [7, 11) is 0. The molecule has 0 spiro atoms. The lowest BCUT2D eigenvalue weighted by atomic mass is 9.98. The molecule has 0 bridgehead atoms. The van der Waals surface area contributed by atoms with Gasteiger partial charge in [-0.15, -0.1) is 0 Å². The van der Waals surface area contributed by atoms with Crippen LogP contribution in [0.4, 0.5) is 5.69 Å². The summed E-state index contributed by atoms with van der Waals surface area (Å²) in [5, 5.41) is 12.7. The first-order valence-electron chi connectivity index (χ1n) is 9.10. The summed E-state index contributed by atoms with van der Waals surface area (Å²) in [5.41, 5.74) is 1.85. The van der Waals surface area contributed by atoms with Crippen molar-refractivity contribution in [3.63, 3.8) is 0 Å². The number of likely N-dealkylation sites (tertiary alicyclic amines) is 1. The van der Waals surface area contributed by atoms with Gasteiger partial charge in [-0.3, -0.25) is 9.59 Å². The standard InChI is InChI=1S/C20H27N3O2/c1-4-15(5-2)20(25)23-10-8-18(9-11-23)22-19-12-16(14(3)24)6-7-17(19)13-21/h6-7,12,15,18,22H,4-5,8-11H2,1-3H3. The number of ketones is 1. The molecule has 1 fully saturated rings. The molecule has 25 heavy (non-hydrogen) atoms. The molecule has 0 atom stereocenters. The third-order valence-corrected chi connectivity index (χ3v) is 5.05. The number of Topliss-reactive ketones (excluding diaryl/α,β-unsaturated/α-hetero) is 1. The summed E-state index contributed by atoms with van der Waals surface area (Å²) in [6.45, 7) is 7.12. The van der Waals surface area contributed by atoms with Crippen LogP contribution in [0.1, 0.15) is 62.4 Å². The van der Waals surface area contributed by atoms with E-state index in [1.165, 1.54) is 6.92 Å². The molecular weight excluding hydrogens is 314 g/mol. The predicted molar refractivity (Wildman–Crippen MR) is 98.5 cm³/mol. The predicted octanol–water partition coefficient (Wildman–Crippen LogP) is 3.60. The van der Waals surface area contributed by atoms with E-state index in [1.807, 2.05) is 4.90 Å². The van der Waals surface area contributed by atoms with Gasteiger partial charge in [-0.2, -0.15) is 5.26 Å². The summed E-state index contributed by atoms with van der Waals surface area (Å²) in [6.07, 6.45) is 3.47. The minimum atomic E-state index is -0.0156. The summed E-state index contributed by atoms with van der Waals surface area (Å²) in [4.78, 5) is 26.0. The van der Waals surface area contributed by atoms with E-state index >= 15 is 0 Å². The van der Waals surface area contributed by atoms with Gasteiger partial charge < -0.3 is 10.2 Å². The molecule has 0 aromatic heterocycles. The summed E-state index contributed by atoms with van der Waals surface area (Å²) >= 11 is 0. The van der Waals surface area contributed by atoms with Crippen LogP contribution in [0.15, 0.2) is 18.2 Å². The maximum absolute atomic E-state index is 12.5. The minimum Gasteiger partial charge on any atom is -0.381 e. The molecule has 0 unspecified atom stereocenters. The van der Waals surface area contributed by atoms with Crippen LogP contribution in [0.5, 0.6) is 0 Å². The second kappa shape index (κ2) is 8.66. The number of amides is 1. The highest BCUT2D eigenvalue weighted by Gasteiger charge is 2.26. The first-order chi connectivity index (χ1) is 12.0. The number of rotatable bonds is 6. The highest BCUT2D eigenvalue weighted by Crippen LogP contribution is 2.23. The molecule has 2 rings (SSSR count). The first-order valence-corrected chi connectivity index (χ1v) is 9.10. The maximum atomic E-state index is 12.5. The number of anilines is 1. The van der Waals surface area contributed by atoms with Crippen molar-refractivity contribution in [2.45, 2.75) is 52.5 Å². The van der Waals surface area contributed by atoms with Crippen molar-refractivity contribution >= 4 is 17.4 Å². The van der Waals surface area contributed by atoms with E-state index in [2.05, 4.69) is 25.2 Å². The smallest absolute Gasteiger partial charge is 0.225 e. The zero-order valence-electron chi connectivity index (χ0n) is 15.3. The average Bonchev–Trinajstić information content (AvgIpc) is 2.63. The first kappa shape index (κ1) is 19.0. The molecule has 1 aromatic rings. The van der Waals surface area contributed by atoms with Gasteiger partial charge in [0, 0.05) is 30.6 Å². The molecule has 1 aliphatic heterocycles. The van der Waals surface area contributed by atoms with Gasteiger partial charge in [0.25, 0.3) is 0 Å². The highest BCUT2D eigenvalue weighted by molar-refractivity contribution is 5.95. The van der Waals surface area contributed by atoms with Crippen molar-refractivity contribution in [3.05, 3.63) is 29.3 Å². The minimum absolute atomic E-state index is 0.0156. The molecular formula is C20H27N3O2. The van der Waals surface area contributed by atoms with Crippen molar-refractivity contribution in [1.29, 1.82) is 5.26 Å². The average molecular weight is 341 g/mol. The van der Waals surface area contributed by atoms with Gasteiger partial charge in [0.05, 0.1) is 11.3 Å². The Morgan fingerprint density at radius 2 is 1.92 bits per heavy atom. The Hall–Kier alpha value is -2.35. The molecule has 0 radical (unpaired) electrons. The Labute approximate surface area is 150 Å². The Morgan fingerprint density at radius 1 is 1.28 bits per heavy atom. The van der Waals surface area contributed by atoms with Crippen LogP contribution in [0.3, 0.4) is 0 Å². The second-order valence-electron chi connectivity index (χ2n) is 6.69. The van der Waals surface area contributed by atoms with E-state index in [9.17, 15) is 14.9 Å². The lowest BCUT2D eigenvalue weighted by Crippen LogP contribution is -2.44. The Kier molecular flexibility index (Phi) is 6.58. The van der Waals surface area contributed by atoms with E-state index in [4.69, 9.17) is 0 Å². The topological polar surface area (TPSA) is 73.2 Å². The Bertz CT molecular complexity index is 666. The van der Waals surface area contributed by atoms with Crippen LogP contribution >= 0.6 is 0 Å². The maximum Gasteiger partial charge on any atom is 0.225 e. The number of carbonyl (C=O) groups is 2. The van der Waals surface area contributed by atoms with E-state index in [1.54, 1.807) is 18.2 Å². The van der Waals surface area contributed by atoms with Crippen molar-refractivity contribution < 1.29 is 9.59 Å². The van der Waals surface area contributed by atoms with Gasteiger partial charge in [-0.25, -0.2) is 0 Å². The highest BCUT2D eigenvalue weighted by atomic mass is 16.2. The fraction of sp³-hybridized carbons (Fsp3) is 0.550. The fourth-order valence-corrected chi connectivity index (χ4v) is 3.34.